The highest BCUT2D eigenvalue weighted by Gasteiger charge is 2.36. The van der Waals surface area contributed by atoms with E-state index >= 15 is 0 Å². The van der Waals surface area contributed by atoms with Crippen LogP contribution in [0.15, 0.2) is 73.1 Å². The van der Waals surface area contributed by atoms with Crippen LogP contribution in [0.5, 0.6) is 0 Å². The van der Waals surface area contributed by atoms with Crippen LogP contribution in [0.3, 0.4) is 0 Å². The second-order valence-corrected chi connectivity index (χ2v) is 8.20. The van der Waals surface area contributed by atoms with Crippen molar-refractivity contribution in [1.29, 1.82) is 0 Å². The van der Waals surface area contributed by atoms with Crippen molar-refractivity contribution in [2.45, 2.75) is 37.4 Å². The monoisotopic (exact) mass is 538 g/mol. The number of aromatic nitrogens is 4. The molecule has 2 heterocycles. The van der Waals surface area contributed by atoms with E-state index in [9.17, 15) is 31.1 Å². The number of carbonyl (C=O) groups excluding carboxylic acids is 1. The van der Waals surface area contributed by atoms with Gasteiger partial charge in [0.2, 0.25) is 0 Å². The smallest absolute Gasteiger partial charge is 0.422 e. The van der Waals surface area contributed by atoms with Gasteiger partial charge in [-0.05, 0) is 11.1 Å². The zero-order valence-corrected chi connectivity index (χ0v) is 19.4. The summed E-state index contributed by atoms with van der Waals surface area (Å²) in [4.78, 5) is 24.5. The second kappa shape index (κ2) is 11.0. The van der Waals surface area contributed by atoms with E-state index in [1.165, 1.54) is 0 Å². The van der Waals surface area contributed by atoms with E-state index in [0.29, 0.717) is 23.5 Å². The molecule has 0 saturated carbocycles. The van der Waals surface area contributed by atoms with Crippen LogP contribution >= 0.6 is 0 Å². The Kier molecular flexibility index (Phi) is 7.74. The third kappa shape index (κ3) is 6.93. The summed E-state index contributed by atoms with van der Waals surface area (Å²) in [5, 5.41) is 0. The molecule has 2 atom stereocenters. The Morgan fingerprint density at radius 1 is 0.684 bits per heavy atom. The van der Waals surface area contributed by atoms with Crippen LogP contribution in [-0.2, 0) is 34.7 Å². The van der Waals surface area contributed by atoms with Crippen LogP contribution in [0.4, 0.5) is 31.1 Å². The molecule has 2 aromatic heterocycles. The molecule has 4 aromatic rings. The van der Waals surface area contributed by atoms with Crippen molar-refractivity contribution in [3.8, 4) is 0 Å². The van der Waals surface area contributed by atoms with Gasteiger partial charge in [-0.2, -0.15) is 26.3 Å². The first kappa shape index (κ1) is 26.8. The molecule has 0 aliphatic carbocycles. The van der Waals surface area contributed by atoms with E-state index in [-0.39, 0.29) is 24.5 Å². The summed E-state index contributed by atoms with van der Waals surface area (Å²) >= 11 is 0. The summed E-state index contributed by atoms with van der Waals surface area (Å²) in [6.45, 7) is 0. The Bertz CT molecular complexity index is 1230. The van der Waals surface area contributed by atoms with Gasteiger partial charge < -0.3 is 19.4 Å². The number of rotatable bonds is 8. The molecule has 200 valence electrons. The molecule has 2 aromatic carbocycles. The quantitative estimate of drug-likeness (QED) is 0.195. The minimum absolute atomic E-state index is 0.0525. The molecule has 0 fully saturated rings. The first-order valence-electron chi connectivity index (χ1n) is 11.2. The summed E-state index contributed by atoms with van der Waals surface area (Å²) in [5.74, 6) is -0.565. The largest absolute Gasteiger partial charge is 0.509 e. The summed E-state index contributed by atoms with van der Waals surface area (Å²) in [6, 6.07) is 16.9. The molecular weight excluding hydrogens is 518 g/mol. The SMILES string of the molecule is O=C(O[C@@H](Cc1ccccc1)c1ncc(C(F)(F)F)[nH]1)O[C@@H](Cc1ccccc1)c1ncc(C(F)(F)F)[nH]1. The first-order valence-corrected chi connectivity index (χ1v) is 11.2. The summed E-state index contributed by atoms with van der Waals surface area (Å²) in [6.07, 6.45) is -12.3. The number of carbonyl (C=O) groups is 1. The fraction of sp³-hybridized carbons (Fsp3) is 0.240. The standard InChI is InChI=1S/C25H20F6N4O3/c26-24(27,28)19-13-32-21(34-19)17(11-15-7-3-1-4-8-15)37-23(36)38-18(12-16-9-5-2-6-10-16)22-33-14-20(35-22)25(29,30)31/h1-10,13-14,17-18H,11-12H2,(H,32,34)(H,33,35)/t17-,18-/m0/s1. The van der Waals surface area contributed by atoms with E-state index in [4.69, 9.17) is 9.47 Å². The van der Waals surface area contributed by atoms with Crippen molar-refractivity contribution < 1.29 is 40.6 Å². The number of ether oxygens (including phenoxy) is 2. The van der Waals surface area contributed by atoms with E-state index < -0.39 is 42.1 Å². The summed E-state index contributed by atoms with van der Waals surface area (Å²) in [5.41, 5.74) is -1.03. The Labute approximate surface area is 211 Å². The van der Waals surface area contributed by atoms with E-state index in [1.54, 1.807) is 60.7 Å². The van der Waals surface area contributed by atoms with Gasteiger partial charge in [0.25, 0.3) is 0 Å². The van der Waals surface area contributed by atoms with Crippen LogP contribution in [0.1, 0.15) is 46.4 Å². The fourth-order valence-corrected chi connectivity index (χ4v) is 3.59. The minimum Gasteiger partial charge on any atom is -0.422 e. The second-order valence-electron chi connectivity index (χ2n) is 8.20. The zero-order chi connectivity index (χ0) is 27.3. The lowest BCUT2D eigenvalue weighted by Gasteiger charge is -2.20. The average Bonchev–Trinajstić information content (AvgIpc) is 3.55. The third-order valence-corrected chi connectivity index (χ3v) is 5.42. The van der Waals surface area contributed by atoms with Gasteiger partial charge in [0, 0.05) is 12.8 Å². The van der Waals surface area contributed by atoms with Gasteiger partial charge in [0.05, 0.1) is 12.4 Å². The number of H-pyrrole nitrogens is 2. The Hall–Kier alpha value is -4.29. The average molecular weight is 538 g/mol. The Morgan fingerprint density at radius 3 is 1.37 bits per heavy atom. The topological polar surface area (TPSA) is 92.9 Å². The molecule has 2 N–H and O–H groups in total. The maximum absolute atomic E-state index is 13.1. The number of halogens is 6. The molecule has 0 saturated heterocycles. The molecule has 38 heavy (non-hydrogen) atoms. The van der Waals surface area contributed by atoms with Gasteiger partial charge in [0.1, 0.15) is 23.0 Å². The molecule has 0 aliphatic rings. The molecule has 0 bridgehead atoms. The lowest BCUT2D eigenvalue weighted by atomic mass is 10.1. The number of hydrogen-bond acceptors (Lipinski definition) is 5. The van der Waals surface area contributed by atoms with Gasteiger partial charge in [-0.3, -0.25) is 0 Å². The highest BCUT2D eigenvalue weighted by atomic mass is 19.4. The van der Waals surface area contributed by atoms with Crippen molar-refractivity contribution in [3.05, 3.63) is 107 Å². The lowest BCUT2D eigenvalue weighted by molar-refractivity contribution is -0.141. The van der Waals surface area contributed by atoms with Crippen molar-refractivity contribution in [1.82, 2.24) is 19.9 Å². The molecule has 7 nitrogen and oxygen atoms in total. The molecule has 13 heteroatoms. The van der Waals surface area contributed by atoms with Gasteiger partial charge in [-0.1, -0.05) is 60.7 Å². The van der Waals surface area contributed by atoms with Crippen molar-refractivity contribution in [2.75, 3.05) is 0 Å². The maximum atomic E-state index is 13.1. The van der Waals surface area contributed by atoms with Gasteiger partial charge in [0.15, 0.2) is 12.2 Å². The highest BCUT2D eigenvalue weighted by Crippen LogP contribution is 2.32. The van der Waals surface area contributed by atoms with Crippen LogP contribution in [0.2, 0.25) is 0 Å². The summed E-state index contributed by atoms with van der Waals surface area (Å²) < 4.78 is 89.4. The first-order chi connectivity index (χ1) is 18.0. The number of alkyl halides is 6. The molecule has 4 rings (SSSR count). The molecule has 0 amide bonds. The number of benzene rings is 2. The number of imidazole rings is 2. The molecule has 0 aliphatic heterocycles. The van der Waals surface area contributed by atoms with Crippen LogP contribution in [-0.4, -0.2) is 26.1 Å². The van der Waals surface area contributed by atoms with Gasteiger partial charge >= 0.3 is 18.5 Å². The molecule has 0 unspecified atom stereocenters. The van der Waals surface area contributed by atoms with E-state index in [0.717, 1.165) is 0 Å². The van der Waals surface area contributed by atoms with Crippen LogP contribution < -0.4 is 0 Å². The molecule has 0 radical (unpaired) electrons. The zero-order valence-electron chi connectivity index (χ0n) is 19.4. The number of hydrogen-bond donors (Lipinski definition) is 2. The van der Waals surface area contributed by atoms with Gasteiger partial charge in [-0.25, -0.2) is 14.8 Å². The van der Waals surface area contributed by atoms with Gasteiger partial charge in [-0.15, -0.1) is 0 Å². The number of nitrogens with zero attached hydrogens (tertiary/aromatic N) is 2. The predicted molar refractivity (Wildman–Crippen MR) is 121 cm³/mol. The highest BCUT2D eigenvalue weighted by molar-refractivity contribution is 5.60. The maximum Gasteiger partial charge on any atom is 0.509 e. The third-order valence-electron chi connectivity index (χ3n) is 5.42. The molecule has 0 spiro atoms. The normalized spacial score (nSPS) is 13.6. The predicted octanol–water partition coefficient (Wildman–Crippen LogP) is 6.59. The fourth-order valence-electron chi connectivity index (χ4n) is 3.59. The Balaban J connectivity index is 1.57. The van der Waals surface area contributed by atoms with E-state index in [2.05, 4.69) is 19.9 Å². The molecular formula is C25H20F6N4O3. The van der Waals surface area contributed by atoms with Crippen LogP contribution in [0, 0.1) is 0 Å². The van der Waals surface area contributed by atoms with Crippen molar-refractivity contribution in [3.63, 3.8) is 0 Å². The Morgan fingerprint density at radius 2 is 1.05 bits per heavy atom. The minimum atomic E-state index is -4.71. The number of aromatic amines is 2. The van der Waals surface area contributed by atoms with Crippen LogP contribution in [0.25, 0.3) is 0 Å². The number of nitrogens with one attached hydrogen (secondary N) is 2. The lowest BCUT2D eigenvalue weighted by Crippen LogP contribution is -2.20. The van der Waals surface area contributed by atoms with Crippen molar-refractivity contribution >= 4 is 6.16 Å². The summed E-state index contributed by atoms with van der Waals surface area (Å²) in [7, 11) is 0. The van der Waals surface area contributed by atoms with E-state index in [1.807, 2.05) is 0 Å². The van der Waals surface area contributed by atoms with Crippen molar-refractivity contribution in [2.24, 2.45) is 0 Å².